The first-order chi connectivity index (χ1) is 10.4. The number of pyridine rings is 1. The summed E-state index contributed by atoms with van der Waals surface area (Å²) in [6.07, 6.45) is 7.70. The highest BCUT2D eigenvalue weighted by molar-refractivity contribution is 5.82. The Morgan fingerprint density at radius 2 is 2.10 bits per heavy atom. The third-order valence-corrected chi connectivity index (χ3v) is 5.64. The van der Waals surface area contributed by atoms with E-state index in [9.17, 15) is 0 Å². The SMILES string of the molecule is CCNC(c1cccc2cccnc12)C1CC2CCC1C2. The zero-order chi connectivity index (χ0) is 14.2. The van der Waals surface area contributed by atoms with Crippen molar-refractivity contribution in [3.63, 3.8) is 0 Å². The number of aromatic nitrogens is 1. The molecule has 2 saturated carbocycles. The minimum Gasteiger partial charge on any atom is -0.310 e. The van der Waals surface area contributed by atoms with Gasteiger partial charge in [0.1, 0.15) is 0 Å². The smallest absolute Gasteiger partial charge is 0.0749 e. The summed E-state index contributed by atoms with van der Waals surface area (Å²) < 4.78 is 0. The molecule has 0 radical (unpaired) electrons. The van der Waals surface area contributed by atoms with Crippen LogP contribution >= 0.6 is 0 Å². The molecule has 1 aromatic carbocycles. The van der Waals surface area contributed by atoms with Crippen LogP contribution in [-0.4, -0.2) is 11.5 Å². The number of hydrogen-bond acceptors (Lipinski definition) is 2. The summed E-state index contributed by atoms with van der Waals surface area (Å²) in [5.41, 5.74) is 2.60. The lowest BCUT2D eigenvalue weighted by atomic mass is 9.80. The van der Waals surface area contributed by atoms with Crippen molar-refractivity contribution in [2.24, 2.45) is 17.8 Å². The Hall–Kier alpha value is -1.41. The molecule has 2 aliphatic rings. The van der Waals surface area contributed by atoms with Crippen molar-refractivity contribution in [3.05, 3.63) is 42.1 Å². The standard InChI is InChI=1S/C19H24N2/c1-2-20-19(17-12-13-8-9-15(17)11-13)16-7-3-5-14-6-4-10-21-18(14)16/h3-7,10,13,15,17,19-20H,2,8-9,11-12H2,1H3. The van der Waals surface area contributed by atoms with E-state index in [0.29, 0.717) is 6.04 Å². The average Bonchev–Trinajstić information content (AvgIpc) is 3.15. The van der Waals surface area contributed by atoms with Crippen molar-refractivity contribution in [3.8, 4) is 0 Å². The summed E-state index contributed by atoms with van der Waals surface area (Å²) in [5.74, 6) is 2.72. The Balaban J connectivity index is 1.76. The highest BCUT2D eigenvalue weighted by atomic mass is 14.9. The van der Waals surface area contributed by atoms with E-state index >= 15 is 0 Å². The molecular weight excluding hydrogens is 256 g/mol. The molecule has 2 aliphatic carbocycles. The van der Waals surface area contributed by atoms with Crippen molar-refractivity contribution in [1.82, 2.24) is 10.3 Å². The maximum atomic E-state index is 4.68. The molecule has 2 nitrogen and oxygen atoms in total. The molecule has 0 saturated heterocycles. The van der Waals surface area contributed by atoms with Gasteiger partial charge in [0.2, 0.25) is 0 Å². The number of fused-ring (bicyclic) bond motifs is 3. The lowest BCUT2D eigenvalue weighted by Crippen LogP contribution is -2.31. The molecule has 1 aromatic heterocycles. The van der Waals surface area contributed by atoms with Crippen molar-refractivity contribution in [1.29, 1.82) is 0 Å². The first-order valence-corrected chi connectivity index (χ1v) is 8.44. The van der Waals surface area contributed by atoms with Gasteiger partial charge in [-0.3, -0.25) is 4.98 Å². The van der Waals surface area contributed by atoms with Crippen molar-refractivity contribution in [2.75, 3.05) is 6.54 Å². The lowest BCUT2D eigenvalue weighted by molar-refractivity contribution is 0.254. The van der Waals surface area contributed by atoms with E-state index in [-0.39, 0.29) is 0 Å². The zero-order valence-corrected chi connectivity index (χ0v) is 12.8. The molecule has 0 spiro atoms. The van der Waals surface area contributed by atoms with Gasteiger partial charge in [0, 0.05) is 17.6 Å². The molecule has 2 heteroatoms. The molecular formula is C19H24N2. The van der Waals surface area contributed by atoms with E-state index in [1.165, 1.54) is 42.1 Å². The van der Waals surface area contributed by atoms with Gasteiger partial charge in [-0.2, -0.15) is 0 Å². The first kappa shape index (κ1) is 13.3. The summed E-state index contributed by atoms with van der Waals surface area (Å²) in [6.45, 7) is 3.25. The van der Waals surface area contributed by atoms with E-state index in [4.69, 9.17) is 0 Å². The van der Waals surface area contributed by atoms with Crippen molar-refractivity contribution in [2.45, 2.75) is 38.6 Å². The van der Waals surface area contributed by atoms with E-state index in [2.05, 4.69) is 41.5 Å². The summed E-state index contributed by atoms with van der Waals surface area (Å²) in [5, 5.41) is 5.04. The van der Waals surface area contributed by atoms with E-state index < -0.39 is 0 Å². The second-order valence-corrected chi connectivity index (χ2v) is 6.80. The van der Waals surface area contributed by atoms with Gasteiger partial charge in [-0.15, -0.1) is 0 Å². The Labute approximate surface area is 127 Å². The Morgan fingerprint density at radius 1 is 1.19 bits per heavy atom. The molecule has 2 fully saturated rings. The summed E-state index contributed by atoms with van der Waals surface area (Å²) >= 11 is 0. The van der Waals surface area contributed by atoms with Gasteiger partial charge in [0.05, 0.1) is 5.52 Å². The second kappa shape index (κ2) is 5.42. The Bertz CT molecular complexity index is 631. The molecule has 0 aliphatic heterocycles. The van der Waals surface area contributed by atoms with Crippen LogP contribution in [-0.2, 0) is 0 Å². The number of para-hydroxylation sites is 1. The summed E-state index contributed by atoms with van der Waals surface area (Å²) in [6, 6.07) is 11.3. The minimum absolute atomic E-state index is 0.476. The van der Waals surface area contributed by atoms with Gasteiger partial charge in [0.15, 0.2) is 0 Å². The predicted molar refractivity (Wildman–Crippen MR) is 87.1 cm³/mol. The van der Waals surface area contributed by atoms with Gasteiger partial charge >= 0.3 is 0 Å². The first-order valence-electron chi connectivity index (χ1n) is 8.44. The van der Waals surface area contributed by atoms with Gasteiger partial charge in [-0.25, -0.2) is 0 Å². The minimum atomic E-state index is 0.476. The fraction of sp³-hybridized carbons (Fsp3) is 0.526. The van der Waals surface area contributed by atoms with E-state index in [0.717, 1.165) is 24.3 Å². The fourth-order valence-electron chi connectivity index (χ4n) is 4.79. The maximum Gasteiger partial charge on any atom is 0.0749 e. The van der Waals surface area contributed by atoms with Crippen LogP contribution in [0.15, 0.2) is 36.5 Å². The molecule has 4 atom stereocenters. The molecule has 2 aromatic rings. The molecule has 1 heterocycles. The zero-order valence-electron chi connectivity index (χ0n) is 12.8. The summed E-state index contributed by atoms with van der Waals surface area (Å²) in [4.78, 5) is 4.68. The van der Waals surface area contributed by atoms with Crippen LogP contribution in [0.5, 0.6) is 0 Å². The normalized spacial score (nSPS) is 29.1. The molecule has 2 bridgehead atoms. The van der Waals surface area contributed by atoms with E-state index in [1.807, 2.05) is 12.3 Å². The van der Waals surface area contributed by atoms with Crippen LogP contribution in [0.2, 0.25) is 0 Å². The highest BCUT2D eigenvalue weighted by Crippen LogP contribution is 2.52. The van der Waals surface area contributed by atoms with Crippen molar-refractivity contribution < 1.29 is 0 Å². The largest absolute Gasteiger partial charge is 0.310 e. The van der Waals surface area contributed by atoms with Crippen molar-refractivity contribution >= 4 is 10.9 Å². The number of nitrogens with one attached hydrogen (secondary N) is 1. The average molecular weight is 280 g/mol. The summed E-state index contributed by atoms with van der Waals surface area (Å²) in [7, 11) is 0. The van der Waals surface area contributed by atoms with Crippen LogP contribution < -0.4 is 5.32 Å². The highest BCUT2D eigenvalue weighted by Gasteiger charge is 2.43. The molecule has 21 heavy (non-hydrogen) atoms. The molecule has 4 rings (SSSR count). The van der Waals surface area contributed by atoms with Crippen LogP contribution in [0.1, 0.15) is 44.2 Å². The van der Waals surface area contributed by atoms with Crippen LogP contribution in [0, 0.1) is 17.8 Å². The lowest BCUT2D eigenvalue weighted by Gasteiger charge is -2.32. The van der Waals surface area contributed by atoms with E-state index in [1.54, 1.807) is 0 Å². The Morgan fingerprint density at radius 3 is 2.86 bits per heavy atom. The molecule has 1 N–H and O–H groups in total. The predicted octanol–water partition coefficient (Wildman–Crippen LogP) is 4.32. The van der Waals surface area contributed by atoms with Gasteiger partial charge in [0.25, 0.3) is 0 Å². The number of nitrogens with zero attached hydrogens (tertiary/aromatic N) is 1. The molecule has 110 valence electrons. The van der Waals surface area contributed by atoms with Crippen LogP contribution in [0.3, 0.4) is 0 Å². The fourth-order valence-corrected chi connectivity index (χ4v) is 4.79. The maximum absolute atomic E-state index is 4.68. The molecule has 4 unspecified atom stereocenters. The van der Waals surface area contributed by atoms with Gasteiger partial charge < -0.3 is 5.32 Å². The van der Waals surface area contributed by atoms with Crippen LogP contribution in [0.4, 0.5) is 0 Å². The monoisotopic (exact) mass is 280 g/mol. The topological polar surface area (TPSA) is 24.9 Å². The number of rotatable bonds is 4. The second-order valence-electron chi connectivity index (χ2n) is 6.80. The van der Waals surface area contributed by atoms with Gasteiger partial charge in [-0.1, -0.05) is 37.6 Å². The number of hydrogen-bond donors (Lipinski definition) is 1. The Kier molecular flexibility index (Phi) is 3.42. The number of benzene rings is 1. The molecule has 0 amide bonds. The quantitative estimate of drug-likeness (QED) is 0.902. The van der Waals surface area contributed by atoms with Crippen LogP contribution in [0.25, 0.3) is 10.9 Å². The van der Waals surface area contributed by atoms with Gasteiger partial charge in [-0.05, 0) is 55.2 Å². The third-order valence-electron chi connectivity index (χ3n) is 5.64. The third kappa shape index (κ3) is 2.26.